The van der Waals surface area contributed by atoms with Crippen LogP contribution in [0.3, 0.4) is 0 Å². The summed E-state index contributed by atoms with van der Waals surface area (Å²) < 4.78 is 15.4. The van der Waals surface area contributed by atoms with Crippen molar-refractivity contribution in [1.29, 1.82) is 0 Å². The molecule has 0 atom stereocenters. The number of H-pyrrole nitrogens is 1. The number of hydrogen-bond donors (Lipinski definition) is 2. The summed E-state index contributed by atoms with van der Waals surface area (Å²) in [5.41, 5.74) is 4.93. The second kappa shape index (κ2) is 6.99. The molecule has 1 aromatic carbocycles. The van der Waals surface area contributed by atoms with Crippen LogP contribution in [-0.2, 0) is 6.54 Å². The number of halogens is 1. The van der Waals surface area contributed by atoms with Crippen LogP contribution in [0.2, 0.25) is 0 Å². The molecule has 0 spiro atoms. The van der Waals surface area contributed by atoms with E-state index in [2.05, 4.69) is 30.6 Å². The Kier molecular flexibility index (Phi) is 4.37. The van der Waals surface area contributed by atoms with Crippen LogP contribution in [0.4, 0.5) is 10.3 Å². The van der Waals surface area contributed by atoms with Crippen molar-refractivity contribution in [3.63, 3.8) is 0 Å². The molecular formula is C19H18FN7. The van der Waals surface area contributed by atoms with Crippen LogP contribution in [0.5, 0.6) is 0 Å². The van der Waals surface area contributed by atoms with E-state index in [9.17, 15) is 4.39 Å². The Bertz CT molecular complexity index is 1060. The largest absolute Gasteiger partial charge is 0.350 e. The molecule has 136 valence electrons. The fourth-order valence-corrected chi connectivity index (χ4v) is 2.83. The van der Waals surface area contributed by atoms with Gasteiger partial charge < -0.3 is 5.32 Å². The van der Waals surface area contributed by atoms with Crippen LogP contribution in [0.1, 0.15) is 17.0 Å². The number of hydrogen-bond acceptors (Lipinski definition) is 5. The number of rotatable bonds is 5. The number of para-hydroxylation sites is 1. The van der Waals surface area contributed by atoms with Crippen LogP contribution in [0, 0.1) is 19.7 Å². The second-order valence-corrected chi connectivity index (χ2v) is 6.16. The third-order valence-electron chi connectivity index (χ3n) is 4.34. The highest BCUT2D eigenvalue weighted by molar-refractivity contribution is 5.59. The zero-order valence-electron chi connectivity index (χ0n) is 14.9. The van der Waals surface area contributed by atoms with Gasteiger partial charge in [0.25, 0.3) is 0 Å². The Morgan fingerprint density at radius 3 is 2.81 bits per heavy atom. The minimum atomic E-state index is -0.331. The van der Waals surface area contributed by atoms with E-state index in [0.717, 1.165) is 22.5 Å². The average Bonchev–Trinajstić information content (AvgIpc) is 3.28. The lowest BCUT2D eigenvalue weighted by Crippen LogP contribution is -2.05. The van der Waals surface area contributed by atoms with Crippen molar-refractivity contribution >= 4 is 5.95 Å². The van der Waals surface area contributed by atoms with E-state index in [-0.39, 0.29) is 5.82 Å². The Hall–Kier alpha value is -3.55. The first-order valence-corrected chi connectivity index (χ1v) is 8.49. The molecule has 0 fully saturated rings. The summed E-state index contributed by atoms with van der Waals surface area (Å²) in [4.78, 5) is 8.79. The number of anilines is 1. The Morgan fingerprint density at radius 2 is 2.04 bits per heavy atom. The number of aromatic nitrogens is 6. The molecule has 0 saturated heterocycles. The molecule has 3 heterocycles. The van der Waals surface area contributed by atoms with Gasteiger partial charge in [-0.1, -0.05) is 12.1 Å². The van der Waals surface area contributed by atoms with E-state index in [1.807, 2.05) is 13.8 Å². The molecule has 4 rings (SSSR count). The molecule has 0 aliphatic carbocycles. The lowest BCUT2D eigenvalue weighted by atomic mass is 10.2. The van der Waals surface area contributed by atoms with Gasteiger partial charge in [-0.15, -0.1) is 0 Å². The summed E-state index contributed by atoms with van der Waals surface area (Å²) in [6.07, 6.45) is 5.08. The van der Waals surface area contributed by atoms with Gasteiger partial charge in [0.2, 0.25) is 5.95 Å². The summed E-state index contributed by atoms with van der Waals surface area (Å²) >= 11 is 0. The average molecular weight is 363 g/mol. The highest BCUT2D eigenvalue weighted by atomic mass is 19.1. The van der Waals surface area contributed by atoms with Crippen molar-refractivity contribution in [2.75, 3.05) is 5.32 Å². The van der Waals surface area contributed by atoms with E-state index in [0.29, 0.717) is 23.9 Å². The molecule has 8 heteroatoms. The lowest BCUT2D eigenvalue weighted by molar-refractivity contribution is 0.611. The van der Waals surface area contributed by atoms with Gasteiger partial charge in [0.15, 0.2) is 0 Å². The Labute approximate surface area is 155 Å². The van der Waals surface area contributed by atoms with Crippen molar-refractivity contribution in [2.45, 2.75) is 20.4 Å². The number of nitrogens with one attached hydrogen (secondary N) is 2. The maximum absolute atomic E-state index is 13.9. The van der Waals surface area contributed by atoms with E-state index in [4.69, 9.17) is 0 Å². The highest BCUT2D eigenvalue weighted by Crippen LogP contribution is 2.20. The highest BCUT2D eigenvalue weighted by Gasteiger charge is 2.10. The monoisotopic (exact) mass is 363 g/mol. The first-order chi connectivity index (χ1) is 13.1. The van der Waals surface area contributed by atoms with Crippen LogP contribution >= 0.6 is 0 Å². The second-order valence-electron chi connectivity index (χ2n) is 6.16. The molecule has 4 aromatic rings. The van der Waals surface area contributed by atoms with Gasteiger partial charge in [-0.05, 0) is 32.0 Å². The number of benzene rings is 1. The minimum Gasteiger partial charge on any atom is -0.350 e. The van der Waals surface area contributed by atoms with Gasteiger partial charge in [0.1, 0.15) is 11.5 Å². The SMILES string of the molecule is Cc1n[nH]c(C)c1CNc1nccc(-c2cnn(-c3ccccc3F)c2)n1. The van der Waals surface area contributed by atoms with Crippen LogP contribution < -0.4 is 5.32 Å². The summed E-state index contributed by atoms with van der Waals surface area (Å²) in [7, 11) is 0. The zero-order chi connectivity index (χ0) is 18.8. The molecule has 0 unspecified atom stereocenters. The van der Waals surface area contributed by atoms with Crippen LogP contribution in [-0.4, -0.2) is 29.9 Å². The topological polar surface area (TPSA) is 84.3 Å². The number of nitrogens with zero attached hydrogens (tertiary/aromatic N) is 5. The molecule has 3 aromatic heterocycles. The number of aryl methyl sites for hydroxylation is 2. The quantitative estimate of drug-likeness (QED) is 0.568. The van der Waals surface area contributed by atoms with Crippen molar-refractivity contribution in [3.05, 3.63) is 71.7 Å². The molecule has 27 heavy (non-hydrogen) atoms. The Morgan fingerprint density at radius 1 is 1.19 bits per heavy atom. The summed E-state index contributed by atoms with van der Waals surface area (Å²) in [5, 5.41) is 14.6. The van der Waals surface area contributed by atoms with Gasteiger partial charge in [-0.3, -0.25) is 5.10 Å². The predicted molar refractivity (Wildman–Crippen MR) is 99.9 cm³/mol. The van der Waals surface area contributed by atoms with Crippen molar-refractivity contribution in [3.8, 4) is 16.9 Å². The maximum Gasteiger partial charge on any atom is 0.223 e. The first-order valence-electron chi connectivity index (χ1n) is 8.49. The normalized spacial score (nSPS) is 10.9. The summed E-state index contributed by atoms with van der Waals surface area (Å²) in [5.74, 6) is 0.175. The lowest BCUT2D eigenvalue weighted by Gasteiger charge is -2.06. The van der Waals surface area contributed by atoms with E-state index < -0.39 is 0 Å². The molecular weight excluding hydrogens is 345 g/mol. The van der Waals surface area contributed by atoms with Gasteiger partial charge in [0, 0.05) is 35.8 Å². The van der Waals surface area contributed by atoms with Crippen molar-refractivity contribution in [2.24, 2.45) is 0 Å². The number of aromatic amines is 1. The molecule has 2 N–H and O–H groups in total. The third-order valence-corrected chi connectivity index (χ3v) is 4.34. The van der Waals surface area contributed by atoms with Crippen LogP contribution in [0.25, 0.3) is 16.9 Å². The molecule has 0 radical (unpaired) electrons. The van der Waals surface area contributed by atoms with Gasteiger partial charge in [-0.2, -0.15) is 10.2 Å². The fraction of sp³-hybridized carbons (Fsp3) is 0.158. The molecule has 7 nitrogen and oxygen atoms in total. The van der Waals surface area contributed by atoms with Gasteiger partial charge >= 0.3 is 0 Å². The van der Waals surface area contributed by atoms with Gasteiger partial charge in [-0.25, -0.2) is 19.0 Å². The Balaban J connectivity index is 1.55. The van der Waals surface area contributed by atoms with E-state index >= 15 is 0 Å². The molecule has 0 saturated carbocycles. The van der Waals surface area contributed by atoms with Gasteiger partial charge in [0.05, 0.1) is 17.6 Å². The molecule has 0 aliphatic heterocycles. The molecule has 0 amide bonds. The van der Waals surface area contributed by atoms with Crippen molar-refractivity contribution < 1.29 is 4.39 Å². The standard InChI is InChI=1S/C19H18FN7/c1-12-15(13(2)26-25-12)10-22-19-21-8-7-17(24-19)14-9-23-27(11-14)18-6-4-3-5-16(18)20/h3-9,11H,10H2,1-2H3,(H,25,26)(H,21,22,24). The van der Waals surface area contributed by atoms with E-state index in [1.54, 1.807) is 42.9 Å². The molecule has 0 aliphatic rings. The fourth-order valence-electron chi connectivity index (χ4n) is 2.83. The smallest absolute Gasteiger partial charge is 0.223 e. The zero-order valence-corrected chi connectivity index (χ0v) is 14.9. The summed E-state index contributed by atoms with van der Waals surface area (Å²) in [6, 6.07) is 8.29. The molecule has 0 bridgehead atoms. The first kappa shape index (κ1) is 16.9. The predicted octanol–water partition coefficient (Wildman–Crippen LogP) is 3.42. The van der Waals surface area contributed by atoms with Crippen molar-refractivity contribution in [1.82, 2.24) is 29.9 Å². The maximum atomic E-state index is 13.9. The van der Waals surface area contributed by atoms with E-state index in [1.165, 1.54) is 10.7 Å². The third kappa shape index (κ3) is 3.41. The minimum absolute atomic E-state index is 0.331. The van der Waals surface area contributed by atoms with Crippen LogP contribution in [0.15, 0.2) is 48.9 Å². The summed E-state index contributed by atoms with van der Waals surface area (Å²) in [6.45, 7) is 4.51.